The maximum Gasteiger partial charge on any atom is 0.181 e. The molecule has 0 heterocycles. The molecule has 1 aromatic carbocycles. The van der Waals surface area contributed by atoms with Gasteiger partial charge in [0.05, 0.1) is 10.1 Å². The zero-order valence-electron chi connectivity index (χ0n) is 10.6. The van der Waals surface area contributed by atoms with Crippen molar-refractivity contribution in [2.75, 3.05) is 6.54 Å². The highest BCUT2D eigenvalue weighted by molar-refractivity contribution is 7.92. The van der Waals surface area contributed by atoms with Gasteiger partial charge >= 0.3 is 0 Å². The molecule has 1 aromatic rings. The van der Waals surface area contributed by atoms with Crippen LogP contribution in [0.3, 0.4) is 0 Å². The molecule has 4 heteroatoms. The van der Waals surface area contributed by atoms with Crippen molar-refractivity contribution in [1.82, 2.24) is 0 Å². The summed E-state index contributed by atoms with van der Waals surface area (Å²) in [5, 5.41) is -0.145. The summed E-state index contributed by atoms with van der Waals surface area (Å²) in [6.45, 7) is 0.664. The van der Waals surface area contributed by atoms with E-state index in [1.165, 1.54) is 0 Å². The number of hydrogen-bond acceptors (Lipinski definition) is 3. The topological polar surface area (TPSA) is 60.2 Å². The highest BCUT2D eigenvalue weighted by atomic mass is 32.2. The molecule has 0 atom stereocenters. The Kier molecular flexibility index (Phi) is 4.40. The number of benzene rings is 1. The van der Waals surface area contributed by atoms with Crippen molar-refractivity contribution in [3.05, 3.63) is 29.8 Å². The minimum Gasteiger partial charge on any atom is -0.330 e. The van der Waals surface area contributed by atoms with E-state index in [2.05, 4.69) is 0 Å². The van der Waals surface area contributed by atoms with Gasteiger partial charge in [-0.2, -0.15) is 0 Å². The highest BCUT2D eigenvalue weighted by Gasteiger charge is 2.33. The lowest BCUT2D eigenvalue weighted by Crippen LogP contribution is -2.29. The Balaban J connectivity index is 2.21. The first-order chi connectivity index (χ1) is 8.66. The van der Waals surface area contributed by atoms with Crippen LogP contribution in [0.1, 0.15) is 37.7 Å². The standard InChI is InChI=1S/C14H21NO2S/c15-11-4-3-7-12-6-1-2-10-14(12)18(16,17)13-8-5-9-13/h1-2,6,10,13H,3-5,7-9,11,15H2. The summed E-state index contributed by atoms with van der Waals surface area (Å²) in [5.74, 6) is 0. The van der Waals surface area contributed by atoms with Crippen LogP contribution in [0.4, 0.5) is 0 Å². The summed E-state index contributed by atoms with van der Waals surface area (Å²) in [6.07, 6.45) is 5.38. The van der Waals surface area contributed by atoms with Crippen LogP contribution in [0, 0.1) is 0 Å². The number of aryl methyl sites for hydroxylation is 1. The molecule has 0 aliphatic heterocycles. The van der Waals surface area contributed by atoms with E-state index in [9.17, 15) is 8.42 Å². The lowest BCUT2D eigenvalue weighted by atomic mass is 10.00. The van der Waals surface area contributed by atoms with Crippen LogP contribution in [0.5, 0.6) is 0 Å². The minimum absolute atomic E-state index is 0.145. The Bertz CT molecular complexity index is 492. The molecule has 3 nitrogen and oxygen atoms in total. The van der Waals surface area contributed by atoms with Crippen molar-refractivity contribution >= 4 is 9.84 Å². The molecule has 2 rings (SSSR count). The summed E-state index contributed by atoms with van der Waals surface area (Å²) in [4.78, 5) is 0.548. The molecule has 0 radical (unpaired) electrons. The van der Waals surface area contributed by atoms with Crippen LogP contribution in [0.25, 0.3) is 0 Å². The zero-order chi connectivity index (χ0) is 13.0. The summed E-state index contributed by atoms with van der Waals surface area (Å²) in [7, 11) is -3.10. The quantitative estimate of drug-likeness (QED) is 0.804. The molecule has 100 valence electrons. The third-order valence-electron chi connectivity index (χ3n) is 3.67. The molecule has 18 heavy (non-hydrogen) atoms. The number of hydrogen-bond donors (Lipinski definition) is 1. The number of sulfone groups is 1. The van der Waals surface area contributed by atoms with E-state index in [0.717, 1.165) is 44.1 Å². The van der Waals surface area contributed by atoms with Crippen LogP contribution in [-0.4, -0.2) is 20.2 Å². The molecule has 0 aromatic heterocycles. The Morgan fingerprint density at radius 3 is 2.50 bits per heavy atom. The van der Waals surface area contributed by atoms with Crippen LogP contribution < -0.4 is 5.73 Å². The average Bonchev–Trinajstić information content (AvgIpc) is 2.27. The van der Waals surface area contributed by atoms with Gasteiger partial charge < -0.3 is 5.73 Å². The molecule has 0 saturated heterocycles. The van der Waals surface area contributed by atoms with E-state index in [4.69, 9.17) is 5.73 Å². The van der Waals surface area contributed by atoms with Crippen molar-refractivity contribution in [3.63, 3.8) is 0 Å². The van der Waals surface area contributed by atoms with E-state index >= 15 is 0 Å². The van der Waals surface area contributed by atoms with Crippen molar-refractivity contribution in [1.29, 1.82) is 0 Å². The Hall–Kier alpha value is -0.870. The molecule has 0 amide bonds. The normalized spacial score (nSPS) is 16.5. The van der Waals surface area contributed by atoms with Crippen LogP contribution in [0.15, 0.2) is 29.2 Å². The van der Waals surface area contributed by atoms with Gasteiger partial charge in [0.25, 0.3) is 0 Å². The highest BCUT2D eigenvalue weighted by Crippen LogP contribution is 2.32. The van der Waals surface area contributed by atoms with Gasteiger partial charge in [-0.3, -0.25) is 0 Å². The third-order valence-corrected chi connectivity index (χ3v) is 6.03. The first-order valence-electron chi connectivity index (χ1n) is 6.68. The van der Waals surface area contributed by atoms with Gasteiger partial charge in [0.15, 0.2) is 9.84 Å². The molecular formula is C14H21NO2S. The summed E-state index contributed by atoms with van der Waals surface area (Å²) < 4.78 is 24.9. The third kappa shape index (κ3) is 2.75. The van der Waals surface area contributed by atoms with Crippen molar-refractivity contribution in [2.24, 2.45) is 5.73 Å². The van der Waals surface area contributed by atoms with Crippen molar-refractivity contribution in [2.45, 2.75) is 48.7 Å². The van der Waals surface area contributed by atoms with Crippen molar-refractivity contribution in [3.8, 4) is 0 Å². The van der Waals surface area contributed by atoms with Crippen LogP contribution >= 0.6 is 0 Å². The fraction of sp³-hybridized carbons (Fsp3) is 0.571. The maximum atomic E-state index is 12.4. The second-order valence-corrected chi connectivity index (χ2v) is 7.15. The molecule has 0 spiro atoms. The monoisotopic (exact) mass is 267 g/mol. The lowest BCUT2D eigenvalue weighted by molar-refractivity contribution is 0.476. The second-order valence-electron chi connectivity index (χ2n) is 4.95. The van der Waals surface area contributed by atoms with Gasteiger partial charge in [-0.15, -0.1) is 0 Å². The van der Waals surface area contributed by atoms with Gasteiger partial charge in [-0.1, -0.05) is 24.6 Å². The van der Waals surface area contributed by atoms with Gasteiger partial charge in [-0.25, -0.2) is 8.42 Å². The zero-order valence-corrected chi connectivity index (χ0v) is 11.5. The number of unbranched alkanes of at least 4 members (excludes halogenated alkanes) is 1. The summed E-state index contributed by atoms with van der Waals surface area (Å²) >= 11 is 0. The second kappa shape index (κ2) is 5.85. The van der Waals surface area contributed by atoms with E-state index < -0.39 is 9.84 Å². The summed E-state index contributed by atoms with van der Waals surface area (Å²) in [5.41, 5.74) is 6.43. The molecule has 2 N–H and O–H groups in total. The Labute approximate surface area is 109 Å². The van der Waals surface area contributed by atoms with E-state index in [1.807, 2.05) is 18.2 Å². The van der Waals surface area contributed by atoms with Crippen LogP contribution in [-0.2, 0) is 16.3 Å². The molecule has 1 aliphatic carbocycles. The first-order valence-corrected chi connectivity index (χ1v) is 8.23. The lowest BCUT2D eigenvalue weighted by Gasteiger charge is -2.26. The predicted octanol–water partition coefficient (Wildman–Crippen LogP) is 2.29. The molecule has 1 saturated carbocycles. The maximum absolute atomic E-state index is 12.4. The Morgan fingerprint density at radius 2 is 1.89 bits per heavy atom. The molecule has 0 unspecified atom stereocenters. The molecule has 1 fully saturated rings. The minimum atomic E-state index is -3.10. The van der Waals surface area contributed by atoms with Gasteiger partial charge in [0.2, 0.25) is 0 Å². The van der Waals surface area contributed by atoms with E-state index in [0.29, 0.717) is 11.4 Å². The molecule has 0 bridgehead atoms. The van der Waals surface area contributed by atoms with Gasteiger partial charge in [0.1, 0.15) is 0 Å². The number of nitrogens with two attached hydrogens (primary N) is 1. The fourth-order valence-corrected chi connectivity index (χ4v) is 4.43. The number of rotatable bonds is 6. The average molecular weight is 267 g/mol. The Morgan fingerprint density at radius 1 is 1.17 bits per heavy atom. The van der Waals surface area contributed by atoms with E-state index in [1.54, 1.807) is 6.07 Å². The SMILES string of the molecule is NCCCCc1ccccc1S(=O)(=O)C1CCC1. The molecular weight excluding hydrogens is 246 g/mol. The first kappa shape index (κ1) is 13.6. The summed E-state index contributed by atoms with van der Waals surface area (Å²) in [6, 6.07) is 7.42. The van der Waals surface area contributed by atoms with Gasteiger partial charge in [-0.05, 0) is 50.3 Å². The van der Waals surface area contributed by atoms with E-state index in [-0.39, 0.29) is 5.25 Å². The smallest absolute Gasteiger partial charge is 0.181 e. The van der Waals surface area contributed by atoms with Crippen LogP contribution in [0.2, 0.25) is 0 Å². The predicted molar refractivity (Wildman–Crippen MR) is 73.3 cm³/mol. The fourth-order valence-electron chi connectivity index (χ4n) is 2.31. The molecule has 1 aliphatic rings. The largest absolute Gasteiger partial charge is 0.330 e. The van der Waals surface area contributed by atoms with Gasteiger partial charge in [0, 0.05) is 0 Å². The van der Waals surface area contributed by atoms with Crippen molar-refractivity contribution < 1.29 is 8.42 Å².